The third-order valence-electron chi connectivity index (χ3n) is 3.80. The van der Waals surface area contributed by atoms with Crippen LogP contribution in [0.2, 0.25) is 0 Å². The highest BCUT2D eigenvalue weighted by Crippen LogP contribution is 2.14. The van der Waals surface area contributed by atoms with Gasteiger partial charge in [-0.2, -0.15) is 0 Å². The quantitative estimate of drug-likeness (QED) is 0.824. The van der Waals surface area contributed by atoms with E-state index in [1.54, 1.807) is 0 Å². The number of likely N-dealkylation sites (tertiary alicyclic amines) is 1. The molecule has 1 fully saturated rings. The van der Waals surface area contributed by atoms with Gasteiger partial charge in [0.1, 0.15) is 0 Å². The summed E-state index contributed by atoms with van der Waals surface area (Å²) in [6, 6.07) is 8.96. The van der Waals surface area contributed by atoms with Crippen molar-refractivity contribution in [3.05, 3.63) is 35.4 Å². The minimum Gasteiger partial charge on any atom is -0.392 e. The molecule has 1 heterocycles. The lowest BCUT2D eigenvalue weighted by molar-refractivity contribution is 0.183. The van der Waals surface area contributed by atoms with Crippen molar-refractivity contribution in [1.82, 2.24) is 10.2 Å². The predicted molar refractivity (Wildman–Crippen MR) is 79.0 cm³/mol. The molecule has 0 aliphatic carbocycles. The Morgan fingerprint density at radius 3 is 2.68 bits per heavy atom. The van der Waals surface area contributed by atoms with Gasteiger partial charge in [-0.25, -0.2) is 0 Å². The van der Waals surface area contributed by atoms with Gasteiger partial charge in [0, 0.05) is 19.1 Å². The third kappa shape index (κ3) is 4.60. The van der Waals surface area contributed by atoms with Gasteiger partial charge in [0.05, 0.1) is 6.61 Å². The first kappa shape index (κ1) is 14.5. The fourth-order valence-electron chi connectivity index (χ4n) is 2.72. The molecule has 0 aromatic heterocycles. The molecule has 1 atom stereocenters. The van der Waals surface area contributed by atoms with Gasteiger partial charge in [0.15, 0.2) is 0 Å². The summed E-state index contributed by atoms with van der Waals surface area (Å²) in [5.74, 6) is 0. The molecule has 106 valence electrons. The summed E-state index contributed by atoms with van der Waals surface area (Å²) < 4.78 is 0. The fourth-order valence-corrected chi connectivity index (χ4v) is 2.72. The smallest absolute Gasteiger partial charge is 0.0681 e. The maximum absolute atomic E-state index is 9.05. The monoisotopic (exact) mass is 262 g/mol. The molecule has 0 amide bonds. The Kier molecular flexibility index (Phi) is 5.83. The molecule has 3 heteroatoms. The molecule has 0 bridgehead atoms. The van der Waals surface area contributed by atoms with E-state index < -0.39 is 0 Å². The van der Waals surface area contributed by atoms with Crippen molar-refractivity contribution in [1.29, 1.82) is 0 Å². The van der Waals surface area contributed by atoms with E-state index in [1.165, 1.54) is 31.4 Å². The molecule has 1 saturated heterocycles. The van der Waals surface area contributed by atoms with Gasteiger partial charge in [-0.3, -0.25) is 4.90 Å². The van der Waals surface area contributed by atoms with Crippen molar-refractivity contribution < 1.29 is 5.11 Å². The van der Waals surface area contributed by atoms with Crippen molar-refractivity contribution >= 4 is 0 Å². The number of nitrogens with one attached hydrogen (secondary N) is 1. The van der Waals surface area contributed by atoms with E-state index in [0.29, 0.717) is 6.04 Å². The highest BCUT2D eigenvalue weighted by atomic mass is 16.3. The van der Waals surface area contributed by atoms with E-state index in [1.807, 2.05) is 12.1 Å². The Hall–Kier alpha value is -0.900. The molecular weight excluding hydrogens is 236 g/mol. The second-order valence-electron chi connectivity index (χ2n) is 5.50. The molecule has 0 radical (unpaired) electrons. The first-order valence-electron chi connectivity index (χ1n) is 7.46. The summed E-state index contributed by atoms with van der Waals surface area (Å²) >= 11 is 0. The summed E-state index contributed by atoms with van der Waals surface area (Å²) in [6.07, 6.45) is 3.80. The van der Waals surface area contributed by atoms with Gasteiger partial charge in [0.2, 0.25) is 0 Å². The minimum absolute atomic E-state index is 0.132. The maximum Gasteiger partial charge on any atom is 0.0681 e. The molecule has 1 aromatic rings. The number of piperidine rings is 1. The Morgan fingerprint density at radius 1 is 1.26 bits per heavy atom. The van der Waals surface area contributed by atoms with Crippen LogP contribution >= 0.6 is 0 Å². The van der Waals surface area contributed by atoms with E-state index in [4.69, 9.17) is 5.11 Å². The lowest BCUT2D eigenvalue weighted by Gasteiger charge is -2.33. The largest absolute Gasteiger partial charge is 0.392 e. The van der Waals surface area contributed by atoms with Crippen LogP contribution in [0.25, 0.3) is 0 Å². The Bertz CT molecular complexity index is 364. The van der Waals surface area contributed by atoms with Crippen LogP contribution in [0.5, 0.6) is 0 Å². The molecule has 1 unspecified atom stereocenters. The zero-order chi connectivity index (χ0) is 13.5. The first-order chi connectivity index (χ1) is 9.31. The summed E-state index contributed by atoms with van der Waals surface area (Å²) in [4.78, 5) is 2.53. The number of aliphatic hydroxyl groups excluding tert-OH is 1. The molecular formula is C16H26N2O. The van der Waals surface area contributed by atoms with Gasteiger partial charge in [0.25, 0.3) is 0 Å². The summed E-state index contributed by atoms with van der Waals surface area (Å²) in [7, 11) is 0. The molecule has 0 saturated carbocycles. The lowest BCUT2D eigenvalue weighted by Crippen LogP contribution is -2.45. The standard InChI is InChI=1S/C16H26N2O/c1-2-9-17-16-4-3-10-18(12-16)11-14-5-7-15(13-19)8-6-14/h5-8,16-17,19H,2-4,9-13H2,1H3. The Balaban J connectivity index is 1.83. The highest BCUT2D eigenvalue weighted by Gasteiger charge is 2.18. The molecule has 0 spiro atoms. The van der Waals surface area contributed by atoms with Crippen LogP contribution in [-0.4, -0.2) is 35.7 Å². The number of hydrogen-bond donors (Lipinski definition) is 2. The van der Waals surface area contributed by atoms with Crippen LogP contribution in [0.4, 0.5) is 0 Å². The lowest BCUT2D eigenvalue weighted by atomic mass is 10.0. The normalized spacial score (nSPS) is 20.6. The van der Waals surface area contributed by atoms with E-state index in [-0.39, 0.29) is 6.61 Å². The maximum atomic E-state index is 9.05. The molecule has 1 aliphatic heterocycles. The van der Waals surface area contributed by atoms with Crippen LogP contribution in [0.1, 0.15) is 37.3 Å². The zero-order valence-corrected chi connectivity index (χ0v) is 11.9. The van der Waals surface area contributed by atoms with Gasteiger partial charge >= 0.3 is 0 Å². The Labute approximate surface area is 116 Å². The van der Waals surface area contributed by atoms with E-state index in [2.05, 4.69) is 29.3 Å². The number of hydrogen-bond acceptors (Lipinski definition) is 3. The molecule has 3 nitrogen and oxygen atoms in total. The number of benzene rings is 1. The minimum atomic E-state index is 0.132. The average Bonchev–Trinajstić information content (AvgIpc) is 2.46. The van der Waals surface area contributed by atoms with Gasteiger partial charge in [-0.15, -0.1) is 0 Å². The van der Waals surface area contributed by atoms with Crippen LogP contribution in [0.3, 0.4) is 0 Å². The first-order valence-corrected chi connectivity index (χ1v) is 7.46. The highest BCUT2D eigenvalue weighted by molar-refractivity contribution is 5.21. The molecule has 1 aliphatic rings. The number of rotatable bonds is 6. The van der Waals surface area contributed by atoms with Crippen LogP contribution in [-0.2, 0) is 13.2 Å². The predicted octanol–water partition coefficient (Wildman–Crippen LogP) is 2.14. The van der Waals surface area contributed by atoms with Crippen molar-refractivity contribution in [3.8, 4) is 0 Å². The van der Waals surface area contributed by atoms with Crippen molar-refractivity contribution in [2.24, 2.45) is 0 Å². The molecule has 1 aromatic carbocycles. The summed E-state index contributed by atoms with van der Waals surface area (Å²) in [6.45, 7) is 6.86. The van der Waals surface area contributed by atoms with Gasteiger partial charge < -0.3 is 10.4 Å². The van der Waals surface area contributed by atoms with Crippen molar-refractivity contribution in [2.45, 2.75) is 45.4 Å². The van der Waals surface area contributed by atoms with E-state index in [9.17, 15) is 0 Å². The van der Waals surface area contributed by atoms with Crippen LogP contribution in [0.15, 0.2) is 24.3 Å². The SMILES string of the molecule is CCCNC1CCCN(Cc2ccc(CO)cc2)C1. The fraction of sp³-hybridized carbons (Fsp3) is 0.625. The van der Waals surface area contributed by atoms with E-state index >= 15 is 0 Å². The zero-order valence-electron chi connectivity index (χ0n) is 11.9. The third-order valence-corrected chi connectivity index (χ3v) is 3.80. The van der Waals surface area contributed by atoms with E-state index in [0.717, 1.165) is 25.2 Å². The molecule has 2 rings (SSSR count). The molecule has 19 heavy (non-hydrogen) atoms. The number of nitrogens with zero attached hydrogens (tertiary/aromatic N) is 1. The summed E-state index contributed by atoms with van der Waals surface area (Å²) in [5.41, 5.74) is 2.33. The Morgan fingerprint density at radius 2 is 2.00 bits per heavy atom. The van der Waals surface area contributed by atoms with Crippen LogP contribution in [0, 0.1) is 0 Å². The van der Waals surface area contributed by atoms with Crippen LogP contribution < -0.4 is 5.32 Å². The number of aliphatic hydroxyl groups is 1. The van der Waals surface area contributed by atoms with Gasteiger partial charge in [-0.05, 0) is 43.5 Å². The topological polar surface area (TPSA) is 35.5 Å². The molecule has 2 N–H and O–H groups in total. The average molecular weight is 262 g/mol. The second-order valence-corrected chi connectivity index (χ2v) is 5.50. The van der Waals surface area contributed by atoms with Crippen molar-refractivity contribution in [2.75, 3.05) is 19.6 Å². The summed E-state index contributed by atoms with van der Waals surface area (Å²) in [5, 5.41) is 12.7. The second kappa shape index (κ2) is 7.63. The van der Waals surface area contributed by atoms with Crippen molar-refractivity contribution in [3.63, 3.8) is 0 Å². The van der Waals surface area contributed by atoms with Gasteiger partial charge in [-0.1, -0.05) is 31.2 Å².